The van der Waals surface area contributed by atoms with Crippen LogP contribution in [0.15, 0.2) is 40.9 Å². The van der Waals surface area contributed by atoms with Crippen molar-refractivity contribution in [1.29, 1.82) is 0 Å². The number of aromatic nitrogens is 1. The minimum atomic E-state index is -0.0448. The van der Waals surface area contributed by atoms with Gasteiger partial charge in [0.25, 0.3) is 0 Å². The minimum Gasteiger partial charge on any atom is -0.441 e. The summed E-state index contributed by atoms with van der Waals surface area (Å²) in [5.41, 5.74) is 0.971. The number of amides is 1. The van der Waals surface area contributed by atoms with Gasteiger partial charge in [-0.1, -0.05) is 44.2 Å². The maximum Gasteiger partial charge on any atom is 0.220 e. The molecule has 0 aliphatic heterocycles. The summed E-state index contributed by atoms with van der Waals surface area (Å²) >= 11 is 0. The van der Waals surface area contributed by atoms with E-state index in [1.807, 2.05) is 44.2 Å². The molecule has 23 heavy (non-hydrogen) atoms. The molecule has 1 amide bonds. The van der Waals surface area contributed by atoms with Crippen molar-refractivity contribution in [3.63, 3.8) is 0 Å². The molecule has 0 saturated heterocycles. The first-order valence-corrected chi connectivity index (χ1v) is 8.00. The Balaban J connectivity index is 1.86. The Labute approximate surface area is 136 Å². The first-order valence-electron chi connectivity index (χ1n) is 8.00. The van der Waals surface area contributed by atoms with Gasteiger partial charge in [0.05, 0.1) is 6.20 Å². The van der Waals surface area contributed by atoms with Crippen LogP contribution < -0.4 is 5.32 Å². The third kappa shape index (κ3) is 5.21. The van der Waals surface area contributed by atoms with Crippen LogP contribution in [0.1, 0.15) is 32.6 Å². The van der Waals surface area contributed by atoms with Crippen molar-refractivity contribution in [3.05, 3.63) is 42.4 Å². The Morgan fingerprint density at radius 3 is 2.70 bits per heavy atom. The lowest BCUT2D eigenvalue weighted by molar-refractivity contribution is -0.122. The molecule has 0 spiro atoms. The number of aryl methyl sites for hydroxylation is 1. The van der Waals surface area contributed by atoms with E-state index in [1.165, 1.54) is 0 Å². The Morgan fingerprint density at radius 2 is 2.04 bits per heavy atom. The summed E-state index contributed by atoms with van der Waals surface area (Å²) in [6.45, 7) is 4.13. The van der Waals surface area contributed by atoms with Crippen molar-refractivity contribution < 1.29 is 14.3 Å². The van der Waals surface area contributed by atoms with Crippen molar-refractivity contribution in [3.8, 4) is 11.3 Å². The number of nitrogens with zero attached hydrogens (tertiary/aromatic N) is 1. The Hall–Kier alpha value is -2.14. The molecule has 2 rings (SSSR count). The smallest absolute Gasteiger partial charge is 0.220 e. The van der Waals surface area contributed by atoms with E-state index < -0.39 is 0 Å². The molecule has 1 aromatic heterocycles. The molecule has 2 aromatic rings. The highest BCUT2D eigenvalue weighted by atomic mass is 16.4. The number of carbonyl (C=O) groups excluding carboxylic acids is 1. The zero-order valence-corrected chi connectivity index (χ0v) is 13.7. The van der Waals surface area contributed by atoms with Gasteiger partial charge in [0.2, 0.25) is 5.91 Å². The number of nitrogens with one attached hydrogen (secondary N) is 1. The fraction of sp³-hybridized carbons (Fsp3) is 0.444. The highest BCUT2D eigenvalue weighted by Gasteiger charge is 2.16. The lowest BCUT2D eigenvalue weighted by atomic mass is 10.0. The normalized spacial score (nSPS) is 12.3. The largest absolute Gasteiger partial charge is 0.441 e. The molecule has 124 valence electrons. The third-order valence-corrected chi connectivity index (χ3v) is 3.77. The van der Waals surface area contributed by atoms with Crippen molar-refractivity contribution >= 4 is 5.91 Å². The maximum absolute atomic E-state index is 12.0. The van der Waals surface area contributed by atoms with Gasteiger partial charge in [0.1, 0.15) is 0 Å². The van der Waals surface area contributed by atoms with Gasteiger partial charge in [-0.05, 0) is 12.3 Å². The zero-order chi connectivity index (χ0) is 16.7. The Bertz CT molecular complexity index is 608. The van der Waals surface area contributed by atoms with E-state index in [0.29, 0.717) is 30.9 Å². The number of rotatable bonds is 8. The summed E-state index contributed by atoms with van der Waals surface area (Å²) in [4.78, 5) is 16.2. The van der Waals surface area contributed by atoms with Gasteiger partial charge in [0.15, 0.2) is 11.7 Å². The van der Waals surface area contributed by atoms with Crippen molar-refractivity contribution in [2.24, 2.45) is 5.92 Å². The van der Waals surface area contributed by atoms with Crippen molar-refractivity contribution in [1.82, 2.24) is 10.3 Å². The monoisotopic (exact) mass is 316 g/mol. The number of benzene rings is 1. The van der Waals surface area contributed by atoms with Crippen LogP contribution in [0.2, 0.25) is 0 Å². The summed E-state index contributed by atoms with van der Waals surface area (Å²) in [7, 11) is 0. The summed E-state index contributed by atoms with van der Waals surface area (Å²) in [6, 6.07) is 9.74. The zero-order valence-electron chi connectivity index (χ0n) is 13.7. The summed E-state index contributed by atoms with van der Waals surface area (Å²) in [5, 5.41) is 12.0. The molecule has 0 aliphatic carbocycles. The number of hydrogen-bond donors (Lipinski definition) is 2. The van der Waals surface area contributed by atoms with E-state index in [0.717, 1.165) is 5.56 Å². The number of oxazole rings is 1. The topological polar surface area (TPSA) is 75.4 Å². The second-order valence-corrected chi connectivity index (χ2v) is 5.91. The van der Waals surface area contributed by atoms with E-state index >= 15 is 0 Å². The van der Waals surface area contributed by atoms with Gasteiger partial charge < -0.3 is 14.8 Å². The fourth-order valence-corrected chi connectivity index (χ4v) is 2.37. The Kier molecular flexibility index (Phi) is 6.35. The first kappa shape index (κ1) is 17.2. The van der Waals surface area contributed by atoms with E-state index in [-0.39, 0.29) is 24.5 Å². The van der Waals surface area contributed by atoms with Gasteiger partial charge >= 0.3 is 0 Å². The fourth-order valence-electron chi connectivity index (χ4n) is 2.37. The third-order valence-electron chi connectivity index (χ3n) is 3.77. The minimum absolute atomic E-state index is 0.00283. The Morgan fingerprint density at radius 1 is 1.30 bits per heavy atom. The quantitative estimate of drug-likeness (QED) is 0.785. The van der Waals surface area contributed by atoms with Crippen molar-refractivity contribution in [2.45, 2.75) is 39.2 Å². The molecule has 0 saturated carbocycles. The highest BCUT2D eigenvalue weighted by molar-refractivity contribution is 5.76. The molecule has 2 N–H and O–H groups in total. The molecular formula is C18H24N2O3. The van der Waals surface area contributed by atoms with Crippen LogP contribution in [0, 0.1) is 5.92 Å². The lowest BCUT2D eigenvalue weighted by Crippen LogP contribution is -2.39. The molecule has 1 aromatic carbocycles. The maximum atomic E-state index is 12.0. The summed E-state index contributed by atoms with van der Waals surface area (Å²) < 4.78 is 5.69. The van der Waals surface area contributed by atoms with Gasteiger partial charge in [-0.25, -0.2) is 4.98 Å². The van der Waals surface area contributed by atoms with Crippen molar-refractivity contribution in [2.75, 3.05) is 6.61 Å². The summed E-state index contributed by atoms with van der Waals surface area (Å²) in [6.07, 6.45) is 3.04. The number of carbonyl (C=O) groups is 1. The average Bonchev–Trinajstić information content (AvgIpc) is 3.02. The lowest BCUT2D eigenvalue weighted by Gasteiger charge is -2.21. The van der Waals surface area contributed by atoms with Crippen LogP contribution in [-0.4, -0.2) is 28.6 Å². The number of hydrogen-bond acceptors (Lipinski definition) is 4. The molecule has 0 bridgehead atoms. The molecule has 0 fully saturated rings. The molecule has 1 unspecified atom stereocenters. The van der Waals surface area contributed by atoms with Gasteiger partial charge in [-0.2, -0.15) is 0 Å². The van der Waals surface area contributed by atoms with E-state index in [2.05, 4.69) is 10.3 Å². The van der Waals surface area contributed by atoms with Crippen LogP contribution in [-0.2, 0) is 11.2 Å². The standard InChI is InChI=1S/C18H24N2O3/c1-13(2)15(10-11-21)20-17(22)8-9-18-19-12-16(23-18)14-6-4-3-5-7-14/h3-7,12-13,15,21H,8-11H2,1-2H3,(H,20,22). The summed E-state index contributed by atoms with van der Waals surface area (Å²) in [5.74, 6) is 1.51. The van der Waals surface area contributed by atoms with Gasteiger partial charge in [-0.15, -0.1) is 0 Å². The van der Waals surface area contributed by atoms with E-state index in [1.54, 1.807) is 6.20 Å². The molecule has 1 atom stereocenters. The van der Waals surface area contributed by atoms with Gasteiger partial charge in [-0.3, -0.25) is 4.79 Å². The van der Waals surface area contributed by atoms with Crippen LogP contribution in [0.4, 0.5) is 0 Å². The average molecular weight is 316 g/mol. The molecule has 1 heterocycles. The molecule has 0 aliphatic rings. The van der Waals surface area contributed by atoms with Crippen LogP contribution in [0.25, 0.3) is 11.3 Å². The van der Waals surface area contributed by atoms with E-state index in [9.17, 15) is 4.79 Å². The first-order chi connectivity index (χ1) is 11.1. The second-order valence-electron chi connectivity index (χ2n) is 5.91. The predicted molar refractivity (Wildman–Crippen MR) is 88.7 cm³/mol. The SMILES string of the molecule is CC(C)C(CCO)NC(=O)CCc1ncc(-c2ccccc2)o1. The predicted octanol–water partition coefficient (Wildman–Crippen LogP) is 2.80. The van der Waals surface area contributed by atoms with Crippen LogP contribution in [0.5, 0.6) is 0 Å². The molecule has 0 radical (unpaired) electrons. The highest BCUT2D eigenvalue weighted by Crippen LogP contribution is 2.20. The van der Waals surface area contributed by atoms with Crippen LogP contribution >= 0.6 is 0 Å². The van der Waals surface area contributed by atoms with E-state index in [4.69, 9.17) is 9.52 Å². The van der Waals surface area contributed by atoms with Crippen LogP contribution in [0.3, 0.4) is 0 Å². The molecular weight excluding hydrogens is 292 g/mol. The molecule has 5 nitrogen and oxygen atoms in total. The molecule has 5 heteroatoms. The van der Waals surface area contributed by atoms with Gasteiger partial charge in [0, 0.05) is 31.1 Å². The number of aliphatic hydroxyl groups is 1. The second kappa shape index (κ2) is 8.48. The number of aliphatic hydroxyl groups excluding tert-OH is 1.